The van der Waals surface area contributed by atoms with Crippen LogP contribution in [0.1, 0.15) is 21.5 Å². The number of nitrogens with zero attached hydrogens (tertiary/aromatic N) is 1. The van der Waals surface area contributed by atoms with Crippen LogP contribution >= 0.6 is 0 Å². The van der Waals surface area contributed by atoms with Crippen LogP contribution in [-0.2, 0) is 6.18 Å². The first-order valence-corrected chi connectivity index (χ1v) is 9.26. The zero-order chi connectivity index (χ0) is 22.3. The van der Waals surface area contributed by atoms with Crippen molar-refractivity contribution >= 4 is 16.9 Å². The minimum Gasteiger partial charge on any atom is -0.478 e. The molecule has 1 aromatic heterocycles. The molecule has 0 aliphatic rings. The fourth-order valence-corrected chi connectivity index (χ4v) is 3.56. The third-order valence-electron chi connectivity index (χ3n) is 5.11. The summed E-state index contributed by atoms with van der Waals surface area (Å²) in [5, 5.41) is 9.89. The van der Waals surface area contributed by atoms with Crippen LogP contribution in [0, 0.1) is 12.7 Å². The van der Waals surface area contributed by atoms with E-state index in [2.05, 4.69) is 4.98 Å². The van der Waals surface area contributed by atoms with E-state index in [9.17, 15) is 27.5 Å². The van der Waals surface area contributed by atoms with Gasteiger partial charge in [-0.15, -0.1) is 0 Å². The number of aromatic carboxylic acids is 1. The van der Waals surface area contributed by atoms with Crippen LogP contribution in [-0.4, -0.2) is 16.1 Å². The molecule has 0 bridgehead atoms. The smallest absolute Gasteiger partial charge is 0.416 e. The van der Waals surface area contributed by atoms with Gasteiger partial charge in [0.15, 0.2) is 0 Å². The number of aromatic nitrogens is 1. The number of hydrogen-bond donors (Lipinski definition) is 1. The van der Waals surface area contributed by atoms with Crippen LogP contribution in [0.4, 0.5) is 17.6 Å². The normalized spacial score (nSPS) is 11.6. The van der Waals surface area contributed by atoms with Crippen molar-refractivity contribution in [2.24, 2.45) is 0 Å². The molecule has 0 radical (unpaired) electrons. The summed E-state index contributed by atoms with van der Waals surface area (Å²) in [6, 6.07) is 15.5. The fourth-order valence-electron chi connectivity index (χ4n) is 3.56. The van der Waals surface area contributed by atoms with Crippen LogP contribution in [0.2, 0.25) is 0 Å². The highest BCUT2D eigenvalue weighted by Crippen LogP contribution is 2.33. The number of rotatable bonds is 3. The van der Waals surface area contributed by atoms with Crippen molar-refractivity contribution in [2.75, 3.05) is 0 Å². The summed E-state index contributed by atoms with van der Waals surface area (Å²) < 4.78 is 51.9. The third kappa shape index (κ3) is 3.86. The summed E-state index contributed by atoms with van der Waals surface area (Å²) in [6.45, 7) is 1.61. The van der Waals surface area contributed by atoms with Crippen molar-refractivity contribution in [3.8, 4) is 22.4 Å². The standard InChI is InChI=1S/C24H15F4NO2/c1-13-21(23(30)31)19-12-18(25)10-11-20(19)29-22(13)16-4-2-14(3-5-16)15-6-8-17(9-7-15)24(26,27)28/h2-12H,1H3,(H,30,31). The van der Waals surface area contributed by atoms with Crippen molar-refractivity contribution in [3.63, 3.8) is 0 Å². The molecule has 0 aliphatic carbocycles. The second kappa shape index (κ2) is 7.50. The maximum Gasteiger partial charge on any atom is 0.416 e. The number of carboxylic acid groups (broad SMARTS) is 1. The Morgan fingerprint density at radius 3 is 1.97 bits per heavy atom. The van der Waals surface area contributed by atoms with E-state index in [1.165, 1.54) is 24.3 Å². The van der Waals surface area contributed by atoms with E-state index in [1.807, 2.05) is 0 Å². The molecule has 4 aromatic rings. The summed E-state index contributed by atoms with van der Waals surface area (Å²) in [6.07, 6.45) is -4.40. The highest BCUT2D eigenvalue weighted by molar-refractivity contribution is 6.05. The van der Waals surface area contributed by atoms with Gasteiger partial charge in [0.2, 0.25) is 0 Å². The van der Waals surface area contributed by atoms with E-state index in [0.29, 0.717) is 33.5 Å². The fraction of sp³-hybridized carbons (Fsp3) is 0.0833. The first-order chi connectivity index (χ1) is 14.6. The van der Waals surface area contributed by atoms with Crippen molar-refractivity contribution in [1.29, 1.82) is 0 Å². The highest BCUT2D eigenvalue weighted by Gasteiger charge is 2.30. The van der Waals surface area contributed by atoms with E-state index in [1.54, 1.807) is 31.2 Å². The lowest BCUT2D eigenvalue weighted by Crippen LogP contribution is -2.05. The van der Waals surface area contributed by atoms with Crippen molar-refractivity contribution in [3.05, 3.63) is 89.2 Å². The maximum absolute atomic E-state index is 13.6. The van der Waals surface area contributed by atoms with Crippen LogP contribution in [0.5, 0.6) is 0 Å². The lowest BCUT2D eigenvalue weighted by Gasteiger charge is -2.13. The van der Waals surface area contributed by atoms with Gasteiger partial charge in [-0.1, -0.05) is 36.4 Å². The second-order valence-electron chi connectivity index (χ2n) is 7.08. The van der Waals surface area contributed by atoms with Gasteiger partial charge in [0.05, 0.1) is 22.3 Å². The molecular formula is C24H15F4NO2. The number of pyridine rings is 1. The number of fused-ring (bicyclic) bond motifs is 1. The van der Waals surface area contributed by atoms with Gasteiger partial charge in [-0.25, -0.2) is 14.2 Å². The first kappa shape index (κ1) is 20.5. The minimum atomic E-state index is -4.40. The van der Waals surface area contributed by atoms with Crippen LogP contribution < -0.4 is 0 Å². The number of hydrogen-bond acceptors (Lipinski definition) is 2. The second-order valence-corrected chi connectivity index (χ2v) is 7.08. The molecular weight excluding hydrogens is 410 g/mol. The molecule has 0 aliphatic heterocycles. The van der Waals surface area contributed by atoms with Crippen LogP contribution in [0.15, 0.2) is 66.7 Å². The summed E-state index contributed by atoms with van der Waals surface area (Å²) in [7, 11) is 0. The molecule has 1 heterocycles. The lowest BCUT2D eigenvalue weighted by atomic mass is 9.96. The summed E-state index contributed by atoms with van der Waals surface area (Å²) >= 11 is 0. The average Bonchev–Trinajstić information content (AvgIpc) is 2.72. The first-order valence-electron chi connectivity index (χ1n) is 9.26. The van der Waals surface area contributed by atoms with Crippen molar-refractivity contribution in [2.45, 2.75) is 13.1 Å². The Balaban J connectivity index is 1.76. The molecule has 3 nitrogen and oxygen atoms in total. The van der Waals surface area contributed by atoms with Gasteiger partial charge in [-0.05, 0) is 53.9 Å². The molecule has 0 unspecified atom stereocenters. The molecule has 0 saturated heterocycles. The molecule has 7 heteroatoms. The van der Waals surface area contributed by atoms with Gasteiger partial charge < -0.3 is 5.11 Å². The number of carbonyl (C=O) groups is 1. The molecule has 1 N–H and O–H groups in total. The summed E-state index contributed by atoms with van der Waals surface area (Å²) in [5.41, 5.74) is 2.41. The molecule has 3 aromatic carbocycles. The van der Waals surface area contributed by atoms with Gasteiger partial charge in [-0.2, -0.15) is 13.2 Å². The topological polar surface area (TPSA) is 50.2 Å². The SMILES string of the molecule is Cc1c(-c2ccc(-c3ccc(C(F)(F)F)cc3)cc2)nc2ccc(F)cc2c1C(=O)O. The largest absolute Gasteiger partial charge is 0.478 e. The van der Waals surface area contributed by atoms with E-state index in [-0.39, 0.29) is 10.9 Å². The molecule has 0 atom stereocenters. The molecule has 0 amide bonds. The molecule has 4 rings (SSSR count). The van der Waals surface area contributed by atoms with E-state index in [4.69, 9.17) is 0 Å². The Kier molecular flexibility index (Phi) is 4.97. The number of benzene rings is 3. The average molecular weight is 425 g/mol. The maximum atomic E-state index is 13.6. The van der Waals surface area contributed by atoms with E-state index >= 15 is 0 Å². The molecule has 0 spiro atoms. The van der Waals surface area contributed by atoms with Gasteiger partial charge >= 0.3 is 12.1 Å². The Hall–Kier alpha value is -3.74. The minimum absolute atomic E-state index is 0.0219. The zero-order valence-corrected chi connectivity index (χ0v) is 16.2. The lowest BCUT2D eigenvalue weighted by molar-refractivity contribution is -0.137. The number of carboxylic acids is 1. The molecule has 31 heavy (non-hydrogen) atoms. The Morgan fingerprint density at radius 1 is 0.871 bits per heavy atom. The summed E-state index contributed by atoms with van der Waals surface area (Å²) in [5.74, 6) is -1.73. The quantitative estimate of drug-likeness (QED) is 0.370. The van der Waals surface area contributed by atoms with Gasteiger partial charge in [0, 0.05) is 10.9 Å². The predicted molar refractivity (Wildman–Crippen MR) is 109 cm³/mol. The van der Waals surface area contributed by atoms with Crippen molar-refractivity contribution < 1.29 is 27.5 Å². The molecule has 156 valence electrons. The van der Waals surface area contributed by atoms with Crippen molar-refractivity contribution in [1.82, 2.24) is 4.98 Å². The van der Waals surface area contributed by atoms with Crippen LogP contribution in [0.3, 0.4) is 0 Å². The van der Waals surface area contributed by atoms with E-state index in [0.717, 1.165) is 18.2 Å². The van der Waals surface area contributed by atoms with Gasteiger partial charge in [0.1, 0.15) is 5.82 Å². The van der Waals surface area contributed by atoms with Gasteiger partial charge in [-0.3, -0.25) is 0 Å². The number of halogens is 4. The van der Waals surface area contributed by atoms with Crippen LogP contribution in [0.25, 0.3) is 33.3 Å². The highest BCUT2D eigenvalue weighted by atomic mass is 19.4. The predicted octanol–water partition coefficient (Wildman–Crippen LogP) is 6.73. The summed E-state index contributed by atoms with van der Waals surface area (Å²) in [4.78, 5) is 16.4. The molecule has 0 saturated carbocycles. The third-order valence-corrected chi connectivity index (χ3v) is 5.11. The number of alkyl halides is 3. The zero-order valence-electron chi connectivity index (χ0n) is 16.2. The molecule has 0 fully saturated rings. The Labute approximate surface area is 174 Å². The Bertz CT molecular complexity index is 1290. The van der Waals surface area contributed by atoms with Gasteiger partial charge in [0.25, 0.3) is 0 Å². The van der Waals surface area contributed by atoms with E-state index < -0.39 is 23.5 Å². The Morgan fingerprint density at radius 2 is 1.42 bits per heavy atom. The monoisotopic (exact) mass is 425 g/mol.